The summed E-state index contributed by atoms with van der Waals surface area (Å²) in [5, 5.41) is 23.1. The second kappa shape index (κ2) is 9.10. The Balaban J connectivity index is 1.34. The second-order valence-corrected chi connectivity index (χ2v) is 7.36. The molecule has 2 amide bonds. The van der Waals surface area contributed by atoms with Crippen LogP contribution in [0.4, 0.5) is 11.4 Å². The van der Waals surface area contributed by atoms with Gasteiger partial charge in [-0.05, 0) is 30.3 Å². The van der Waals surface area contributed by atoms with Crippen LogP contribution < -0.4 is 19.7 Å². The molecule has 11 heteroatoms. The number of hydrogen-bond acceptors (Lipinski definition) is 8. The molecule has 1 fully saturated rings. The number of hydrogen-bond donors (Lipinski definition) is 2. The average Bonchev–Trinajstić information content (AvgIpc) is 3.30. The van der Waals surface area contributed by atoms with Gasteiger partial charge in [0.05, 0.1) is 11.5 Å². The van der Waals surface area contributed by atoms with Crippen molar-refractivity contribution in [3.05, 3.63) is 58.1 Å². The Hall–Kier alpha value is -3.86. The van der Waals surface area contributed by atoms with E-state index in [0.29, 0.717) is 43.2 Å². The van der Waals surface area contributed by atoms with Crippen LogP contribution in [-0.2, 0) is 4.79 Å². The lowest BCUT2D eigenvalue weighted by Gasteiger charge is -2.37. The molecule has 2 heterocycles. The summed E-state index contributed by atoms with van der Waals surface area (Å²) >= 11 is 0. The average molecular weight is 442 g/mol. The van der Waals surface area contributed by atoms with Gasteiger partial charge in [-0.25, -0.2) is 0 Å². The predicted molar refractivity (Wildman–Crippen MR) is 113 cm³/mol. The number of piperazine rings is 1. The van der Waals surface area contributed by atoms with E-state index in [0.717, 1.165) is 5.69 Å². The lowest BCUT2D eigenvalue weighted by Crippen LogP contribution is -2.56. The molecule has 0 unspecified atom stereocenters. The van der Waals surface area contributed by atoms with Crippen LogP contribution in [0.2, 0.25) is 0 Å². The second-order valence-electron chi connectivity index (χ2n) is 7.36. The van der Waals surface area contributed by atoms with Crippen LogP contribution >= 0.6 is 0 Å². The molecule has 2 aromatic rings. The summed E-state index contributed by atoms with van der Waals surface area (Å²) in [4.78, 5) is 39.4. The summed E-state index contributed by atoms with van der Waals surface area (Å²) in [6, 6.07) is 9.88. The number of carbonyl (C=O) groups excluding carboxylic acids is 2. The van der Waals surface area contributed by atoms with Crippen molar-refractivity contribution in [1.82, 2.24) is 10.2 Å². The monoisotopic (exact) mass is 442 g/mol. The first kappa shape index (κ1) is 21.4. The van der Waals surface area contributed by atoms with Gasteiger partial charge in [-0.15, -0.1) is 0 Å². The largest absolute Gasteiger partial charge is 0.454 e. The van der Waals surface area contributed by atoms with E-state index in [4.69, 9.17) is 9.47 Å². The summed E-state index contributed by atoms with van der Waals surface area (Å²) < 4.78 is 10.5. The van der Waals surface area contributed by atoms with Crippen LogP contribution in [0, 0.1) is 10.1 Å². The molecule has 0 radical (unpaired) electrons. The summed E-state index contributed by atoms with van der Waals surface area (Å²) in [7, 11) is 0. The van der Waals surface area contributed by atoms with Gasteiger partial charge in [-0.3, -0.25) is 19.7 Å². The van der Waals surface area contributed by atoms with Crippen LogP contribution in [0.5, 0.6) is 11.5 Å². The number of fused-ring (bicyclic) bond motifs is 1. The Morgan fingerprint density at radius 3 is 2.41 bits per heavy atom. The normalized spacial score (nSPS) is 15.9. The Morgan fingerprint density at radius 2 is 1.75 bits per heavy atom. The van der Waals surface area contributed by atoms with Crippen LogP contribution in [-0.4, -0.2) is 72.4 Å². The Morgan fingerprint density at radius 1 is 1.06 bits per heavy atom. The van der Waals surface area contributed by atoms with Gasteiger partial charge in [0.2, 0.25) is 12.7 Å². The summed E-state index contributed by atoms with van der Waals surface area (Å²) in [6.07, 6.45) is 0. The van der Waals surface area contributed by atoms with Crippen molar-refractivity contribution in [3.8, 4) is 11.5 Å². The Labute approximate surface area is 183 Å². The van der Waals surface area contributed by atoms with E-state index in [2.05, 4.69) is 5.32 Å². The van der Waals surface area contributed by atoms with Gasteiger partial charge in [-0.1, -0.05) is 0 Å². The van der Waals surface area contributed by atoms with Crippen LogP contribution in [0.15, 0.2) is 42.5 Å². The topological polar surface area (TPSA) is 134 Å². The molecule has 2 aliphatic rings. The fraction of sp³-hybridized carbons (Fsp3) is 0.333. The highest BCUT2D eigenvalue weighted by Crippen LogP contribution is 2.32. The molecule has 0 aromatic heterocycles. The highest BCUT2D eigenvalue weighted by Gasteiger charge is 2.29. The summed E-state index contributed by atoms with van der Waals surface area (Å²) in [5.41, 5.74) is 1.15. The lowest BCUT2D eigenvalue weighted by molar-refractivity contribution is -0.384. The zero-order valence-corrected chi connectivity index (χ0v) is 17.1. The molecule has 168 valence electrons. The molecular formula is C21H22N4O7. The third-order valence-electron chi connectivity index (χ3n) is 5.44. The molecule has 0 aliphatic carbocycles. The van der Waals surface area contributed by atoms with Crippen molar-refractivity contribution in [1.29, 1.82) is 0 Å². The number of ether oxygens (including phenoxy) is 2. The summed E-state index contributed by atoms with van der Waals surface area (Å²) in [5.74, 6) is 0.124. The van der Waals surface area contributed by atoms with E-state index >= 15 is 0 Å². The first-order chi connectivity index (χ1) is 15.5. The molecule has 2 aromatic carbocycles. The summed E-state index contributed by atoms with van der Waals surface area (Å²) in [6.45, 7) is 1.40. The van der Waals surface area contributed by atoms with Crippen molar-refractivity contribution < 1.29 is 29.1 Å². The number of nitrogens with one attached hydrogen (secondary N) is 1. The van der Waals surface area contributed by atoms with Gasteiger partial charge in [0, 0.05) is 49.6 Å². The quantitative estimate of drug-likeness (QED) is 0.495. The van der Waals surface area contributed by atoms with Crippen molar-refractivity contribution in [2.75, 3.05) is 44.5 Å². The van der Waals surface area contributed by atoms with Crippen LogP contribution in [0.3, 0.4) is 0 Å². The molecule has 11 nitrogen and oxygen atoms in total. The van der Waals surface area contributed by atoms with E-state index in [1.807, 2.05) is 4.90 Å². The molecular weight excluding hydrogens is 420 g/mol. The van der Waals surface area contributed by atoms with E-state index in [-0.39, 0.29) is 18.4 Å². The highest BCUT2D eigenvalue weighted by molar-refractivity contribution is 5.98. The van der Waals surface area contributed by atoms with E-state index in [9.17, 15) is 24.8 Å². The number of aliphatic hydroxyl groups is 1. The van der Waals surface area contributed by atoms with Crippen LogP contribution in [0.1, 0.15) is 10.4 Å². The maximum absolute atomic E-state index is 12.9. The number of nitrogens with zero attached hydrogens (tertiary/aromatic N) is 3. The molecule has 32 heavy (non-hydrogen) atoms. The first-order valence-corrected chi connectivity index (χ1v) is 10.1. The number of nitro groups is 1. The smallest absolute Gasteiger partial charge is 0.269 e. The fourth-order valence-corrected chi connectivity index (χ4v) is 3.66. The van der Waals surface area contributed by atoms with E-state index in [1.165, 1.54) is 18.2 Å². The number of amides is 2. The minimum Gasteiger partial charge on any atom is -0.454 e. The number of anilines is 1. The zero-order chi connectivity index (χ0) is 22.7. The first-order valence-electron chi connectivity index (χ1n) is 10.1. The van der Waals surface area contributed by atoms with Crippen molar-refractivity contribution in [3.63, 3.8) is 0 Å². The zero-order valence-electron chi connectivity index (χ0n) is 17.1. The standard InChI is InChI=1S/C21H22N4O7/c26-12-17(22-20(27)14-1-6-18-19(11-14)32-13-31-18)21(28)24-9-7-23(8-10-24)15-2-4-16(5-3-15)25(29)30/h1-6,11,17,26H,7-10,12-13H2,(H,22,27)/t17-/m0/s1. The van der Waals surface area contributed by atoms with Gasteiger partial charge in [-0.2, -0.15) is 0 Å². The van der Waals surface area contributed by atoms with Gasteiger partial charge in [0.25, 0.3) is 11.6 Å². The minimum absolute atomic E-state index is 0.0200. The third-order valence-corrected chi connectivity index (χ3v) is 5.44. The predicted octanol–water partition coefficient (Wildman–Crippen LogP) is 0.763. The molecule has 0 bridgehead atoms. The Bertz CT molecular complexity index is 1020. The maximum atomic E-state index is 12.9. The number of rotatable bonds is 6. The number of aliphatic hydroxyl groups excluding tert-OH is 1. The van der Waals surface area contributed by atoms with Crippen molar-refractivity contribution in [2.24, 2.45) is 0 Å². The van der Waals surface area contributed by atoms with Crippen LogP contribution in [0.25, 0.3) is 0 Å². The SMILES string of the molecule is O=C(N[C@@H](CO)C(=O)N1CCN(c2ccc([N+](=O)[O-])cc2)CC1)c1ccc2c(c1)OCO2. The molecule has 1 saturated heterocycles. The molecule has 2 N–H and O–H groups in total. The molecule has 0 saturated carbocycles. The maximum Gasteiger partial charge on any atom is 0.269 e. The lowest BCUT2D eigenvalue weighted by atomic mass is 10.1. The third kappa shape index (κ3) is 4.42. The van der Waals surface area contributed by atoms with Crippen molar-refractivity contribution in [2.45, 2.75) is 6.04 Å². The number of benzene rings is 2. The molecule has 0 spiro atoms. The Kier molecular flexibility index (Phi) is 6.08. The van der Waals surface area contributed by atoms with Gasteiger partial charge < -0.3 is 29.7 Å². The van der Waals surface area contributed by atoms with E-state index in [1.54, 1.807) is 29.2 Å². The molecule has 2 aliphatic heterocycles. The number of carbonyl (C=O) groups is 2. The fourth-order valence-electron chi connectivity index (χ4n) is 3.66. The minimum atomic E-state index is -1.07. The van der Waals surface area contributed by atoms with Gasteiger partial charge in [0.15, 0.2) is 11.5 Å². The van der Waals surface area contributed by atoms with Gasteiger partial charge in [0.1, 0.15) is 6.04 Å². The number of nitro benzene ring substituents is 1. The van der Waals surface area contributed by atoms with Gasteiger partial charge >= 0.3 is 0 Å². The van der Waals surface area contributed by atoms with E-state index < -0.39 is 23.5 Å². The molecule has 4 rings (SSSR count). The highest BCUT2D eigenvalue weighted by atomic mass is 16.7. The number of non-ortho nitro benzene ring substituents is 1. The van der Waals surface area contributed by atoms with Crippen molar-refractivity contribution >= 4 is 23.2 Å². The molecule has 1 atom stereocenters.